The van der Waals surface area contributed by atoms with Crippen molar-refractivity contribution in [3.05, 3.63) is 51.9 Å². The first-order valence-corrected chi connectivity index (χ1v) is 12.8. The summed E-state index contributed by atoms with van der Waals surface area (Å²) in [6, 6.07) is 13.1. The smallest absolute Gasteiger partial charge is 0.239 e. The lowest BCUT2D eigenvalue weighted by atomic mass is 9.72. The van der Waals surface area contributed by atoms with Gasteiger partial charge < -0.3 is 5.32 Å². The summed E-state index contributed by atoms with van der Waals surface area (Å²) in [5, 5.41) is 13.6. The molecule has 32 heavy (non-hydrogen) atoms. The number of carbonyl (C=O) groups is 1. The Kier molecular flexibility index (Phi) is 7.02. The van der Waals surface area contributed by atoms with Crippen LogP contribution in [-0.2, 0) is 24.1 Å². The number of piperidine rings is 1. The zero-order chi connectivity index (χ0) is 22.7. The number of likely N-dealkylation sites (tertiary alicyclic amines) is 1. The van der Waals surface area contributed by atoms with Gasteiger partial charge in [-0.3, -0.25) is 9.69 Å². The highest BCUT2D eigenvalue weighted by atomic mass is 32.1. The van der Waals surface area contributed by atoms with Gasteiger partial charge in [-0.15, -0.1) is 11.3 Å². The fraction of sp³-hybridized carbons (Fsp3) is 0.556. The van der Waals surface area contributed by atoms with Crippen LogP contribution < -0.4 is 5.32 Å². The highest BCUT2D eigenvalue weighted by molar-refractivity contribution is 7.16. The van der Waals surface area contributed by atoms with Crippen LogP contribution in [0.25, 0.3) is 0 Å². The number of benzene rings is 1. The van der Waals surface area contributed by atoms with Crippen molar-refractivity contribution in [3.8, 4) is 6.07 Å². The Labute approximate surface area is 196 Å². The molecule has 5 heteroatoms. The molecule has 1 aliphatic heterocycles. The van der Waals surface area contributed by atoms with Gasteiger partial charge in [-0.2, -0.15) is 5.26 Å². The van der Waals surface area contributed by atoms with E-state index in [1.165, 1.54) is 16.0 Å². The highest BCUT2D eigenvalue weighted by Crippen LogP contribution is 2.44. The van der Waals surface area contributed by atoms with Crippen molar-refractivity contribution in [2.24, 2.45) is 17.3 Å². The zero-order valence-electron chi connectivity index (χ0n) is 19.6. The van der Waals surface area contributed by atoms with Crippen LogP contribution in [0.4, 0.5) is 5.00 Å². The van der Waals surface area contributed by atoms with Gasteiger partial charge in [0.15, 0.2) is 0 Å². The summed E-state index contributed by atoms with van der Waals surface area (Å²) < 4.78 is 0. The van der Waals surface area contributed by atoms with Gasteiger partial charge in [0.2, 0.25) is 5.91 Å². The average molecular weight is 450 g/mol. The molecule has 2 aromatic rings. The summed E-state index contributed by atoms with van der Waals surface area (Å²) in [6.45, 7) is 9.23. The number of thiophene rings is 1. The van der Waals surface area contributed by atoms with Crippen LogP contribution in [0.5, 0.6) is 0 Å². The van der Waals surface area contributed by atoms with Crippen molar-refractivity contribution >= 4 is 22.2 Å². The van der Waals surface area contributed by atoms with E-state index in [9.17, 15) is 10.1 Å². The molecule has 1 amide bonds. The maximum absolute atomic E-state index is 12.8. The number of nitrogens with one attached hydrogen (secondary N) is 1. The second-order valence-electron chi connectivity index (χ2n) is 10.6. The summed E-state index contributed by atoms with van der Waals surface area (Å²) in [5.74, 6) is 1.33. The molecule has 4 rings (SSSR count). The lowest BCUT2D eigenvalue weighted by Gasteiger charge is -2.33. The van der Waals surface area contributed by atoms with Gasteiger partial charge in [-0.05, 0) is 80.0 Å². The Bertz CT molecular complexity index is 975. The second kappa shape index (κ2) is 9.77. The molecule has 0 radical (unpaired) electrons. The number of carbonyl (C=O) groups excluding carboxylic acids is 1. The second-order valence-corrected chi connectivity index (χ2v) is 11.7. The van der Waals surface area contributed by atoms with Crippen LogP contribution in [0.2, 0.25) is 0 Å². The lowest BCUT2D eigenvalue weighted by Crippen LogP contribution is -2.39. The van der Waals surface area contributed by atoms with E-state index in [1.54, 1.807) is 11.3 Å². The SMILES string of the molecule is CC(C)(C)C1CCc2c(sc(NC(=O)CN3CCC(Cc4ccccc4)CC3)c2C#N)C1. The number of hydrogen-bond donors (Lipinski definition) is 1. The molecule has 1 saturated heterocycles. The van der Waals surface area contributed by atoms with Gasteiger partial charge in [0.1, 0.15) is 11.1 Å². The van der Waals surface area contributed by atoms with Crippen molar-refractivity contribution in [1.29, 1.82) is 5.26 Å². The summed E-state index contributed by atoms with van der Waals surface area (Å²) in [4.78, 5) is 16.4. The van der Waals surface area contributed by atoms with E-state index in [4.69, 9.17) is 0 Å². The summed E-state index contributed by atoms with van der Waals surface area (Å²) in [7, 11) is 0. The van der Waals surface area contributed by atoms with E-state index in [-0.39, 0.29) is 11.3 Å². The van der Waals surface area contributed by atoms with Crippen LogP contribution in [0.15, 0.2) is 30.3 Å². The molecule has 2 heterocycles. The molecular formula is C27H35N3OS. The number of rotatable bonds is 5. The summed E-state index contributed by atoms with van der Waals surface area (Å²) in [6.07, 6.45) is 6.47. The molecule has 2 aliphatic rings. The van der Waals surface area contributed by atoms with Gasteiger partial charge in [0, 0.05) is 4.88 Å². The number of nitrogens with zero attached hydrogens (tertiary/aromatic N) is 2. The molecule has 1 atom stereocenters. The zero-order valence-corrected chi connectivity index (χ0v) is 20.4. The van der Waals surface area contributed by atoms with E-state index in [0.29, 0.717) is 23.9 Å². The predicted octanol–water partition coefficient (Wildman–Crippen LogP) is 5.66. The monoisotopic (exact) mass is 449 g/mol. The maximum atomic E-state index is 12.8. The molecule has 4 nitrogen and oxygen atoms in total. The van der Waals surface area contributed by atoms with E-state index < -0.39 is 0 Å². The molecule has 1 N–H and O–H groups in total. The highest BCUT2D eigenvalue weighted by Gasteiger charge is 2.32. The molecule has 1 aromatic carbocycles. The Morgan fingerprint density at radius 3 is 2.56 bits per heavy atom. The molecule has 0 spiro atoms. The number of fused-ring (bicyclic) bond motifs is 1. The third-order valence-electron chi connectivity index (χ3n) is 7.30. The quantitative estimate of drug-likeness (QED) is 0.640. The minimum absolute atomic E-state index is 0.00831. The van der Waals surface area contributed by atoms with E-state index >= 15 is 0 Å². The first-order valence-electron chi connectivity index (χ1n) is 11.9. The van der Waals surface area contributed by atoms with E-state index in [2.05, 4.69) is 67.4 Å². The number of nitriles is 1. The van der Waals surface area contributed by atoms with Gasteiger partial charge in [0.25, 0.3) is 0 Å². The van der Waals surface area contributed by atoms with Gasteiger partial charge in [-0.25, -0.2) is 0 Å². The standard InChI is InChI=1S/C27H35N3OS/c1-27(2,3)21-9-10-22-23(17-28)26(32-24(22)16-21)29-25(31)18-30-13-11-20(12-14-30)15-19-7-5-4-6-8-19/h4-8,20-21H,9-16,18H2,1-3H3,(H,29,31). The number of amides is 1. The maximum Gasteiger partial charge on any atom is 0.239 e. The van der Waals surface area contributed by atoms with Crippen LogP contribution >= 0.6 is 11.3 Å². The first-order chi connectivity index (χ1) is 15.3. The molecule has 1 unspecified atom stereocenters. The Morgan fingerprint density at radius 2 is 1.91 bits per heavy atom. The Morgan fingerprint density at radius 1 is 1.19 bits per heavy atom. The summed E-state index contributed by atoms with van der Waals surface area (Å²) >= 11 is 1.63. The summed E-state index contributed by atoms with van der Waals surface area (Å²) in [5.41, 5.74) is 3.55. The largest absolute Gasteiger partial charge is 0.315 e. The molecule has 1 aliphatic carbocycles. The van der Waals surface area contributed by atoms with Crippen LogP contribution in [0.3, 0.4) is 0 Å². The normalized spacial score (nSPS) is 19.9. The lowest BCUT2D eigenvalue weighted by molar-refractivity contribution is -0.117. The Balaban J connectivity index is 1.31. The van der Waals surface area contributed by atoms with Crippen molar-refractivity contribution in [2.45, 2.75) is 59.3 Å². The molecule has 0 bridgehead atoms. The third-order valence-corrected chi connectivity index (χ3v) is 8.47. The van der Waals surface area contributed by atoms with Crippen LogP contribution in [0.1, 0.15) is 61.6 Å². The fourth-order valence-corrected chi connectivity index (χ4v) is 6.49. The van der Waals surface area contributed by atoms with Crippen molar-refractivity contribution in [1.82, 2.24) is 4.90 Å². The fourth-order valence-electron chi connectivity index (χ4n) is 5.20. The molecule has 1 aromatic heterocycles. The molecule has 170 valence electrons. The number of anilines is 1. The molecular weight excluding hydrogens is 414 g/mol. The van der Waals surface area contributed by atoms with Gasteiger partial charge in [0.05, 0.1) is 12.1 Å². The van der Waals surface area contributed by atoms with Gasteiger partial charge in [-0.1, -0.05) is 51.1 Å². The first kappa shape index (κ1) is 23.0. The Hall–Kier alpha value is -2.16. The van der Waals surface area contributed by atoms with Crippen molar-refractivity contribution in [2.75, 3.05) is 25.0 Å². The van der Waals surface area contributed by atoms with Crippen LogP contribution in [0, 0.1) is 28.6 Å². The predicted molar refractivity (Wildman–Crippen MR) is 132 cm³/mol. The van der Waals surface area contributed by atoms with Crippen molar-refractivity contribution < 1.29 is 4.79 Å². The van der Waals surface area contributed by atoms with E-state index in [0.717, 1.165) is 56.6 Å². The van der Waals surface area contributed by atoms with Crippen LogP contribution in [-0.4, -0.2) is 30.4 Å². The minimum Gasteiger partial charge on any atom is -0.315 e. The average Bonchev–Trinajstić information content (AvgIpc) is 3.11. The third kappa shape index (κ3) is 5.42. The van der Waals surface area contributed by atoms with Gasteiger partial charge >= 0.3 is 0 Å². The molecule has 1 fully saturated rings. The minimum atomic E-state index is 0.00831. The van der Waals surface area contributed by atoms with Crippen molar-refractivity contribution in [3.63, 3.8) is 0 Å². The van der Waals surface area contributed by atoms with E-state index in [1.807, 2.05) is 0 Å². The topological polar surface area (TPSA) is 56.1 Å². The molecule has 0 saturated carbocycles. The number of hydrogen-bond acceptors (Lipinski definition) is 4.